The number of hydrogen-bond acceptors (Lipinski definition) is 5. The average molecular weight is 562 g/mol. The Balaban J connectivity index is 0.00000363. The number of rotatable bonds is 7. The average Bonchev–Trinajstić information content (AvgIpc) is 2.79. The van der Waals surface area contributed by atoms with Gasteiger partial charge in [0.2, 0.25) is 0 Å². The number of nitrogens with one attached hydrogen (secondary N) is 1. The third-order valence-electron chi connectivity index (χ3n) is 5.11. The molecule has 0 aliphatic carbocycles. The standard InChI is InChI=1S/C22H28F2N4O3.HI/c1-25-22(26-15-16-8-9-19(30-3)20(14-16)31-21(23)24)28-12-10-27(11-13-28)17-6-4-5-7-18(17)29-2;/h4-9,14,21H,10-13,15H2,1-3H3,(H,25,26);1H. The molecule has 176 valence electrons. The maximum atomic E-state index is 12.7. The molecule has 0 amide bonds. The molecule has 0 atom stereocenters. The number of piperazine rings is 1. The van der Waals surface area contributed by atoms with Crippen molar-refractivity contribution in [1.29, 1.82) is 0 Å². The van der Waals surface area contributed by atoms with E-state index in [2.05, 4.69) is 30.9 Å². The molecule has 0 spiro atoms. The van der Waals surface area contributed by atoms with Gasteiger partial charge in [0.15, 0.2) is 17.5 Å². The molecule has 1 saturated heterocycles. The van der Waals surface area contributed by atoms with Crippen LogP contribution in [0.3, 0.4) is 0 Å². The van der Waals surface area contributed by atoms with Gasteiger partial charge in [-0.3, -0.25) is 4.99 Å². The number of para-hydroxylation sites is 2. The van der Waals surface area contributed by atoms with E-state index in [0.29, 0.717) is 6.54 Å². The quantitative estimate of drug-likeness (QED) is 0.315. The van der Waals surface area contributed by atoms with Crippen molar-refractivity contribution in [1.82, 2.24) is 10.2 Å². The van der Waals surface area contributed by atoms with Crippen molar-refractivity contribution in [3.8, 4) is 17.2 Å². The highest BCUT2D eigenvalue weighted by Crippen LogP contribution is 2.30. The Kier molecular flexibility index (Phi) is 10.1. The van der Waals surface area contributed by atoms with Crippen LogP contribution in [0.4, 0.5) is 14.5 Å². The first-order valence-electron chi connectivity index (χ1n) is 10.0. The molecule has 0 bridgehead atoms. The molecule has 0 saturated carbocycles. The number of alkyl halides is 2. The zero-order chi connectivity index (χ0) is 22.2. The molecule has 2 aromatic rings. The second-order valence-corrected chi connectivity index (χ2v) is 6.91. The van der Waals surface area contributed by atoms with E-state index in [1.54, 1.807) is 32.4 Å². The van der Waals surface area contributed by atoms with Gasteiger partial charge in [-0.05, 0) is 29.8 Å². The highest BCUT2D eigenvalue weighted by molar-refractivity contribution is 14.0. The number of guanidine groups is 1. The molecule has 3 rings (SSSR count). The zero-order valence-corrected chi connectivity index (χ0v) is 20.7. The first-order chi connectivity index (χ1) is 15.0. The summed E-state index contributed by atoms with van der Waals surface area (Å²) in [7, 11) is 4.82. The smallest absolute Gasteiger partial charge is 0.387 e. The number of ether oxygens (including phenoxy) is 3. The summed E-state index contributed by atoms with van der Waals surface area (Å²) in [5.41, 5.74) is 1.86. The normalized spacial score (nSPS) is 14.1. The van der Waals surface area contributed by atoms with Gasteiger partial charge in [0.1, 0.15) is 5.75 Å². The number of benzene rings is 2. The highest BCUT2D eigenvalue weighted by atomic mass is 127. The molecular formula is C22H29F2IN4O3. The van der Waals surface area contributed by atoms with Crippen LogP contribution in [0, 0.1) is 0 Å². The predicted molar refractivity (Wildman–Crippen MR) is 132 cm³/mol. The Hall–Kier alpha value is -2.50. The minimum absolute atomic E-state index is 0. The Labute approximate surface area is 204 Å². The lowest BCUT2D eigenvalue weighted by atomic mass is 10.2. The van der Waals surface area contributed by atoms with E-state index in [1.165, 1.54) is 7.11 Å². The van der Waals surface area contributed by atoms with E-state index < -0.39 is 6.61 Å². The van der Waals surface area contributed by atoms with Crippen LogP contribution in [-0.4, -0.2) is 64.9 Å². The second kappa shape index (κ2) is 12.5. The van der Waals surface area contributed by atoms with Gasteiger partial charge in [0.25, 0.3) is 0 Å². The van der Waals surface area contributed by atoms with Crippen LogP contribution >= 0.6 is 24.0 Å². The minimum Gasteiger partial charge on any atom is -0.495 e. The molecule has 1 aliphatic rings. The predicted octanol–water partition coefficient (Wildman–Crippen LogP) is 3.82. The van der Waals surface area contributed by atoms with Gasteiger partial charge >= 0.3 is 6.61 Å². The molecule has 32 heavy (non-hydrogen) atoms. The van der Waals surface area contributed by atoms with Crippen LogP contribution in [0.5, 0.6) is 17.2 Å². The summed E-state index contributed by atoms with van der Waals surface area (Å²) in [4.78, 5) is 8.84. The molecule has 1 heterocycles. The van der Waals surface area contributed by atoms with Gasteiger partial charge in [-0.15, -0.1) is 24.0 Å². The fraction of sp³-hybridized carbons (Fsp3) is 0.409. The zero-order valence-electron chi connectivity index (χ0n) is 18.4. The Morgan fingerprint density at radius 2 is 1.69 bits per heavy atom. The van der Waals surface area contributed by atoms with Crippen LogP contribution in [-0.2, 0) is 6.54 Å². The molecule has 0 radical (unpaired) electrons. The summed E-state index contributed by atoms with van der Waals surface area (Å²) in [6, 6.07) is 13.0. The lowest BCUT2D eigenvalue weighted by molar-refractivity contribution is -0.0512. The summed E-state index contributed by atoms with van der Waals surface area (Å²) in [5.74, 6) is 1.89. The number of nitrogens with zero attached hydrogens (tertiary/aromatic N) is 3. The Bertz CT molecular complexity index is 893. The Morgan fingerprint density at radius 3 is 2.31 bits per heavy atom. The lowest BCUT2D eigenvalue weighted by Gasteiger charge is -2.38. The van der Waals surface area contributed by atoms with E-state index in [-0.39, 0.29) is 35.5 Å². The van der Waals surface area contributed by atoms with E-state index >= 15 is 0 Å². The van der Waals surface area contributed by atoms with Crippen molar-refractivity contribution in [3.63, 3.8) is 0 Å². The van der Waals surface area contributed by atoms with Crippen LogP contribution in [0.2, 0.25) is 0 Å². The molecule has 1 fully saturated rings. The topological polar surface area (TPSA) is 58.6 Å². The van der Waals surface area contributed by atoms with Crippen LogP contribution in [0.1, 0.15) is 5.56 Å². The highest BCUT2D eigenvalue weighted by Gasteiger charge is 2.21. The van der Waals surface area contributed by atoms with Crippen molar-refractivity contribution >= 4 is 35.6 Å². The molecule has 7 nitrogen and oxygen atoms in total. The fourth-order valence-corrected chi connectivity index (χ4v) is 3.58. The molecule has 1 N–H and O–H groups in total. The molecule has 1 aliphatic heterocycles. The number of methoxy groups -OCH3 is 2. The minimum atomic E-state index is -2.91. The summed E-state index contributed by atoms with van der Waals surface area (Å²) < 4.78 is 40.4. The lowest BCUT2D eigenvalue weighted by Crippen LogP contribution is -2.52. The third kappa shape index (κ3) is 6.50. The van der Waals surface area contributed by atoms with Gasteiger partial charge in [-0.1, -0.05) is 18.2 Å². The van der Waals surface area contributed by atoms with Crippen LogP contribution in [0.25, 0.3) is 0 Å². The molecule has 0 unspecified atom stereocenters. The summed E-state index contributed by atoms with van der Waals surface area (Å²) >= 11 is 0. The molecular weight excluding hydrogens is 533 g/mol. The first kappa shape index (κ1) is 25.8. The first-order valence-corrected chi connectivity index (χ1v) is 10.0. The summed E-state index contributed by atoms with van der Waals surface area (Å²) in [6.07, 6.45) is 0. The monoisotopic (exact) mass is 562 g/mol. The molecule has 10 heteroatoms. The van der Waals surface area contributed by atoms with Crippen LogP contribution in [0.15, 0.2) is 47.5 Å². The summed E-state index contributed by atoms with van der Waals surface area (Å²) in [5, 5.41) is 3.30. The molecule has 2 aromatic carbocycles. The van der Waals surface area contributed by atoms with Crippen molar-refractivity contribution in [2.45, 2.75) is 13.2 Å². The van der Waals surface area contributed by atoms with Crippen LogP contribution < -0.4 is 24.4 Å². The van der Waals surface area contributed by atoms with Gasteiger partial charge in [-0.2, -0.15) is 8.78 Å². The van der Waals surface area contributed by atoms with E-state index in [4.69, 9.17) is 9.47 Å². The maximum Gasteiger partial charge on any atom is 0.387 e. The van der Waals surface area contributed by atoms with Crippen molar-refractivity contribution in [2.24, 2.45) is 4.99 Å². The fourth-order valence-electron chi connectivity index (χ4n) is 3.58. The maximum absolute atomic E-state index is 12.7. The SMILES string of the molecule is CN=C(NCc1ccc(OC)c(OC(F)F)c1)N1CCN(c2ccccc2OC)CC1.I. The van der Waals surface area contributed by atoms with Crippen molar-refractivity contribution in [2.75, 3.05) is 52.3 Å². The van der Waals surface area contributed by atoms with Gasteiger partial charge in [0.05, 0.1) is 19.9 Å². The number of hydrogen-bond donors (Lipinski definition) is 1. The Morgan fingerprint density at radius 1 is 1.00 bits per heavy atom. The van der Waals surface area contributed by atoms with Crippen molar-refractivity contribution in [3.05, 3.63) is 48.0 Å². The van der Waals surface area contributed by atoms with E-state index in [9.17, 15) is 8.78 Å². The van der Waals surface area contributed by atoms with Crippen molar-refractivity contribution < 1.29 is 23.0 Å². The molecule has 0 aromatic heterocycles. The van der Waals surface area contributed by atoms with Gasteiger partial charge < -0.3 is 29.3 Å². The second-order valence-electron chi connectivity index (χ2n) is 6.91. The van der Waals surface area contributed by atoms with Gasteiger partial charge in [-0.25, -0.2) is 0 Å². The number of anilines is 1. The van der Waals surface area contributed by atoms with E-state index in [1.807, 2.05) is 18.2 Å². The summed E-state index contributed by atoms with van der Waals surface area (Å²) in [6.45, 7) is 0.749. The third-order valence-corrected chi connectivity index (χ3v) is 5.11. The van der Waals surface area contributed by atoms with Gasteiger partial charge in [0, 0.05) is 39.8 Å². The number of halogens is 3. The van der Waals surface area contributed by atoms with E-state index in [0.717, 1.165) is 49.1 Å². The number of aliphatic imine (C=N–C) groups is 1. The largest absolute Gasteiger partial charge is 0.495 e.